The number of aromatic nitrogens is 1. The molecule has 6 nitrogen and oxygen atoms in total. The summed E-state index contributed by atoms with van der Waals surface area (Å²) in [7, 11) is -3.67. The Bertz CT molecular complexity index is 1040. The number of carbonyl (C=O) groups is 1. The van der Waals surface area contributed by atoms with Crippen LogP contribution in [0.3, 0.4) is 0 Å². The number of hydrogen-bond acceptors (Lipinski definition) is 4. The van der Waals surface area contributed by atoms with Crippen molar-refractivity contribution in [2.75, 3.05) is 5.32 Å². The molecule has 138 valence electrons. The smallest absolute Gasteiger partial charge is 0.255 e. The zero-order chi connectivity index (χ0) is 19.3. The quantitative estimate of drug-likeness (QED) is 0.687. The minimum Gasteiger partial charge on any atom is -0.322 e. The van der Waals surface area contributed by atoms with Crippen molar-refractivity contribution in [2.45, 2.75) is 18.4 Å². The number of nitrogens with one attached hydrogen (secondary N) is 2. The van der Waals surface area contributed by atoms with Crippen molar-refractivity contribution in [1.82, 2.24) is 9.71 Å². The van der Waals surface area contributed by atoms with Crippen LogP contribution in [0.4, 0.5) is 5.69 Å². The minimum atomic E-state index is -3.67. The summed E-state index contributed by atoms with van der Waals surface area (Å²) in [6.07, 6.45) is 3.24. The van der Waals surface area contributed by atoms with Crippen LogP contribution in [0.15, 0.2) is 78.0 Å². The third kappa shape index (κ3) is 4.78. The van der Waals surface area contributed by atoms with E-state index in [1.807, 2.05) is 6.07 Å². The molecule has 0 spiro atoms. The molecule has 0 fully saturated rings. The van der Waals surface area contributed by atoms with Gasteiger partial charge in [-0.05, 0) is 54.4 Å². The molecule has 0 radical (unpaired) electrons. The first-order valence-electron chi connectivity index (χ1n) is 8.31. The second-order valence-electron chi connectivity index (χ2n) is 5.98. The van der Waals surface area contributed by atoms with Gasteiger partial charge in [-0.15, -0.1) is 0 Å². The third-order valence-electron chi connectivity index (χ3n) is 3.98. The molecule has 0 saturated heterocycles. The number of sulfonamides is 1. The fourth-order valence-corrected chi connectivity index (χ4v) is 3.59. The Morgan fingerprint density at radius 3 is 2.48 bits per heavy atom. The number of anilines is 1. The minimum absolute atomic E-state index is 0.140. The van der Waals surface area contributed by atoms with Crippen LogP contribution in [0.2, 0.25) is 0 Å². The second kappa shape index (κ2) is 8.11. The summed E-state index contributed by atoms with van der Waals surface area (Å²) in [6.45, 7) is 1.91. The van der Waals surface area contributed by atoms with Gasteiger partial charge in [0.2, 0.25) is 10.0 Å². The number of rotatable bonds is 6. The van der Waals surface area contributed by atoms with E-state index in [0.717, 1.165) is 5.56 Å². The zero-order valence-corrected chi connectivity index (χ0v) is 15.5. The Labute approximate surface area is 158 Å². The molecule has 0 saturated carbocycles. The maximum absolute atomic E-state index is 12.5. The highest BCUT2D eigenvalue weighted by Gasteiger charge is 2.16. The van der Waals surface area contributed by atoms with E-state index >= 15 is 0 Å². The first-order chi connectivity index (χ1) is 13.0. The summed E-state index contributed by atoms with van der Waals surface area (Å²) < 4.78 is 27.5. The van der Waals surface area contributed by atoms with E-state index in [1.165, 1.54) is 12.1 Å². The van der Waals surface area contributed by atoms with Crippen LogP contribution in [0.5, 0.6) is 0 Å². The summed E-state index contributed by atoms with van der Waals surface area (Å²) in [5.41, 5.74) is 2.52. The van der Waals surface area contributed by atoms with Crippen LogP contribution in [0, 0.1) is 6.92 Å². The highest BCUT2D eigenvalue weighted by Crippen LogP contribution is 2.20. The fraction of sp³-hybridized carbons (Fsp3) is 0.100. The highest BCUT2D eigenvalue weighted by atomic mass is 32.2. The van der Waals surface area contributed by atoms with Crippen LogP contribution in [-0.2, 0) is 16.6 Å². The van der Waals surface area contributed by atoms with E-state index < -0.39 is 10.0 Å². The first kappa shape index (κ1) is 18.8. The predicted molar refractivity (Wildman–Crippen MR) is 104 cm³/mol. The molecule has 0 aliphatic rings. The van der Waals surface area contributed by atoms with Gasteiger partial charge in [-0.3, -0.25) is 9.78 Å². The lowest BCUT2D eigenvalue weighted by molar-refractivity contribution is 0.102. The normalized spacial score (nSPS) is 11.1. The topological polar surface area (TPSA) is 88.2 Å². The van der Waals surface area contributed by atoms with E-state index in [0.29, 0.717) is 16.8 Å². The van der Waals surface area contributed by atoms with Crippen molar-refractivity contribution >= 4 is 21.6 Å². The molecule has 0 atom stereocenters. The molecule has 3 rings (SSSR count). The van der Waals surface area contributed by atoms with Gasteiger partial charge in [0.15, 0.2) is 0 Å². The van der Waals surface area contributed by atoms with Crippen LogP contribution in [0.1, 0.15) is 21.5 Å². The van der Waals surface area contributed by atoms with Gasteiger partial charge < -0.3 is 5.32 Å². The maximum Gasteiger partial charge on any atom is 0.255 e. The number of nitrogens with zero attached hydrogens (tertiary/aromatic N) is 1. The van der Waals surface area contributed by atoms with E-state index in [-0.39, 0.29) is 17.3 Å². The molecular formula is C20H19N3O3S. The average Bonchev–Trinajstić information content (AvgIpc) is 2.69. The molecular weight excluding hydrogens is 362 g/mol. The molecule has 7 heteroatoms. The lowest BCUT2D eigenvalue weighted by Gasteiger charge is -2.11. The molecule has 0 aliphatic carbocycles. The summed E-state index contributed by atoms with van der Waals surface area (Å²) in [6, 6.07) is 17.0. The number of amides is 1. The Morgan fingerprint density at radius 1 is 1.04 bits per heavy atom. The molecule has 3 aromatic rings. The SMILES string of the molecule is Cc1cc(S(=O)(=O)NCc2cccnc2)ccc1NC(=O)c1ccccc1. The lowest BCUT2D eigenvalue weighted by atomic mass is 10.1. The second-order valence-corrected chi connectivity index (χ2v) is 7.75. The van der Waals surface area contributed by atoms with Gasteiger partial charge in [0.1, 0.15) is 0 Å². The Kier molecular flexibility index (Phi) is 5.63. The Morgan fingerprint density at radius 2 is 1.81 bits per heavy atom. The number of hydrogen-bond donors (Lipinski definition) is 2. The lowest BCUT2D eigenvalue weighted by Crippen LogP contribution is -2.23. The van der Waals surface area contributed by atoms with E-state index in [9.17, 15) is 13.2 Å². The molecule has 0 aliphatic heterocycles. The highest BCUT2D eigenvalue weighted by molar-refractivity contribution is 7.89. The summed E-state index contributed by atoms with van der Waals surface area (Å²) in [5, 5.41) is 2.80. The van der Waals surface area contributed by atoms with E-state index in [1.54, 1.807) is 61.8 Å². The van der Waals surface area contributed by atoms with Gasteiger partial charge >= 0.3 is 0 Å². The van der Waals surface area contributed by atoms with E-state index in [4.69, 9.17) is 0 Å². The Balaban J connectivity index is 1.72. The predicted octanol–water partition coefficient (Wildman–Crippen LogP) is 3.12. The molecule has 0 bridgehead atoms. The maximum atomic E-state index is 12.5. The summed E-state index contributed by atoms with van der Waals surface area (Å²) >= 11 is 0. The average molecular weight is 381 g/mol. The van der Waals surface area contributed by atoms with Crippen molar-refractivity contribution in [1.29, 1.82) is 0 Å². The van der Waals surface area contributed by atoms with Crippen molar-refractivity contribution in [3.05, 3.63) is 89.7 Å². The molecule has 0 unspecified atom stereocenters. The Hall–Kier alpha value is -3.03. The monoisotopic (exact) mass is 381 g/mol. The number of pyridine rings is 1. The van der Waals surface area contributed by atoms with Crippen LogP contribution < -0.4 is 10.0 Å². The van der Waals surface area contributed by atoms with Gasteiger partial charge in [-0.1, -0.05) is 24.3 Å². The van der Waals surface area contributed by atoms with Crippen molar-refractivity contribution in [3.63, 3.8) is 0 Å². The number of benzene rings is 2. The van der Waals surface area contributed by atoms with Gasteiger partial charge in [-0.25, -0.2) is 13.1 Å². The van der Waals surface area contributed by atoms with Crippen LogP contribution in [0.25, 0.3) is 0 Å². The number of aryl methyl sites for hydroxylation is 1. The molecule has 2 aromatic carbocycles. The summed E-state index contributed by atoms with van der Waals surface area (Å²) in [4.78, 5) is 16.4. The molecule has 1 amide bonds. The third-order valence-corrected chi connectivity index (χ3v) is 5.38. The zero-order valence-electron chi connectivity index (χ0n) is 14.7. The van der Waals surface area contributed by atoms with Crippen molar-refractivity contribution < 1.29 is 13.2 Å². The number of carbonyl (C=O) groups excluding carboxylic acids is 1. The fourth-order valence-electron chi connectivity index (χ4n) is 2.49. The molecule has 27 heavy (non-hydrogen) atoms. The van der Waals surface area contributed by atoms with E-state index in [2.05, 4.69) is 15.0 Å². The van der Waals surface area contributed by atoms with Gasteiger partial charge in [0.05, 0.1) is 4.90 Å². The molecule has 1 heterocycles. The molecule has 2 N–H and O–H groups in total. The standard InChI is InChI=1S/C20H19N3O3S/c1-15-12-18(27(25,26)22-14-16-6-5-11-21-13-16)9-10-19(15)23-20(24)17-7-3-2-4-8-17/h2-13,22H,14H2,1H3,(H,23,24). The summed E-state index contributed by atoms with van der Waals surface area (Å²) in [5.74, 6) is -0.246. The van der Waals surface area contributed by atoms with Crippen LogP contribution >= 0.6 is 0 Å². The van der Waals surface area contributed by atoms with Crippen molar-refractivity contribution in [2.24, 2.45) is 0 Å². The van der Waals surface area contributed by atoms with Crippen molar-refractivity contribution in [3.8, 4) is 0 Å². The van der Waals surface area contributed by atoms with Gasteiger partial charge in [0.25, 0.3) is 5.91 Å². The van der Waals surface area contributed by atoms with Gasteiger partial charge in [0, 0.05) is 30.2 Å². The van der Waals surface area contributed by atoms with Gasteiger partial charge in [-0.2, -0.15) is 0 Å². The molecule has 1 aromatic heterocycles. The van der Waals surface area contributed by atoms with Crippen LogP contribution in [-0.4, -0.2) is 19.3 Å². The largest absolute Gasteiger partial charge is 0.322 e. The first-order valence-corrected chi connectivity index (χ1v) is 9.80.